The van der Waals surface area contributed by atoms with Crippen molar-refractivity contribution in [3.05, 3.63) is 47.0 Å². The number of sulfonamides is 2. The first-order valence-corrected chi connectivity index (χ1v) is 12.1. The first-order chi connectivity index (χ1) is 13.2. The molecule has 1 aliphatic rings. The van der Waals surface area contributed by atoms with Gasteiger partial charge in [-0.25, -0.2) is 16.8 Å². The lowest BCUT2D eigenvalue weighted by Crippen LogP contribution is -2.36. The van der Waals surface area contributed by atoms with Crippen molar-refractivity contribution in [2.75, 3.05) is 28.4 Å². The molecule has 1 aliphatic heterocycles. The van der Waals surface area contributed by atoms with E-state index < -0.39 is 20.0 Å². The maximum atomic E-state index is 12.8. The molecule has 0 saturated heterocycles. The lowest BCUT2D eigenvalue weighted by Gasteiger charge is -2.30. The second-order valence-electron chi connectivity index (χ2n) is 6.32. The fourth-order valence-electron chi connectivity index (χ4n) is 3.14. The maximum absolute atomic E-state index is 12.8. The molecule has 0 bridgehead atoms. The number of fused-ring (bicyclic) bond motifs is 1. The van der Waals surface area contributed by atoms with Gasteiger partial charge in [-0.1, -0.05) is 11.6 Å². The van der Waals surface area contributed by atoms with E-state index in [1.54, 1.807) is 31.2 Å². The minimum Gasteiger partial charge on any atom is -0.495 e. The molecule has 152 valence electrons. The maximum Gasteiger partial charge on any atom is 0.265 e. The molecule has 2 aromatic carbocycles. The van der Waals surface area contributed by atoms with Crippen LogP contribution < -0.4 is 13.8 Å². The van der Waals surface area contributed by atoms with E-state index in [4.69, 9.17) is 16.3 Å². The molecule has 2 aromatic rings. The molecule has 0 amide bonds. The van der Waals surface area contributed by atoms with Crippen LogP contribution >= 0.6 is 11.6 Å². The molecule has 0 atom stereocenters. The number of nitrogens with one attached hydrogen (secondary N) is 1. The molecule has 0 aromatic heterocycles. The third kappa shape index (κ3) is 4.06. The molecule has 7 nitrogen and oxygen atoms in total. The molecule has 28 heavy (non-hydrogen) atoms. The summed E-state index contributed by atoms with van der Waals surface area (Å²) in [5.74, 6) is 0.185. The fraction of sp³-hybridized carbons (Fsp3) is 0.333. The monoisotopic (exact) mass is 444 g/mol. The molecular formula is C18H21ClN2O5S2. The molecule has 0 aliphatic carbocycles. The molecule has 10 heteroatoms. The van der Waals surface area contributed by atoms with Crippen molar-refractivity contribution >= 4 is 43.0 Å². The van der Waals surface area contributed by atoms with Gasteiger partial charge in [-0.3, -0.25) is 9.03 Å². The van der Waals surface area contributed by atoms with Crippen LogP contribution in [-0.4, -0.2) is 36.2 Å². The Labute approximate surface area is 170 Å². The zero-order valence-electron chi connectivity index (χ0n) is 15.5. The molecule has 1 N–H and O–H groups in total. The number of ether oxygens (including phenoxy) is 1. The van der Waals surface area contributed by atoms with Gasteiger partial charge in [-0.2, -0.15) is 0 Å². The van der Waals surface area contributed by atoms with Crippen molar-refractivity contribution in [2.45, 2.75) is 24.7 Å². The van der Waals surface area contributed by atoms with Gasteiger partial charge in [0.25, 0.3) is 10.0 Å². The average Bonchev–Trinajstić information content (AvgIpc) is 2.67. The highest BCUT2D eigenvalue weighted by Crippen LogP contribution is 2.33. The van der Waals surface area contributed by atoms with E-state index in [9.17, 15) is 16.8 Å². The van der Waals surface area contributed by atoms with Gasteiger partial charge in [-0.15, -0.1) is 0 Å². The van der Waals surface area contributed by atoms with E-state index >= 15 is 0 Å². The topological polar surface area (TPSA) is 92.8 Å². The Kier molecular flexibility index (Phi) is 5.79. The summed E-state index contributed by atoms with van der Waals surface area (Å²) in [6.07, 6.45) is 1.34. The van der Waals surface area contributed by atoms with Gasteiger partial charge >= 0.3 is 0 Å². The lowest BCUT2D eigenvalue weighted by atomic mass is 10.0. The summed E-state index contributed by atoms with van der Waals surface area (Å²) in [5, 5.41) is 0.270. The molecule has 0 saturated carbocycles. The summed E-state index contributed by atoms with van der Waals surface area (Å²) in [5.41, 5.74) is 1.72. The fourth-order valence-corrected chi connectivity index (χ4v) is 5.82. The number of aryl methyl sites for hydroxylation is 1. The number of methoxy groups -OCH3 is 1. The number of rotatable bonds is 6. The summed E-state index contributed by atoms with van der Waals surface area (Å²) >= 11 is 5.94. The van der Waals surface area contributed by atoms with Gasteiger partial charge in [0, 0.05) is 17.3 Å². The summed E-state index contributed by atoms with van der Waals surface area (Å²) < 4.78 is 59.3. The number of hydrogen-bond donors (Lipinski definition) is 1. The van der Waals surface area contributed by atoms with Crippen molar-refractivity contribution in [1.29, 1.82) is 0 Å². The number of hydrogen-bond acceptors (Lipinski definition) is 5. The van der Waals surface area contributed by atoms with Crippen LogP contribution in [-0.2, 0) is 26.5 Å². The first-order valence-electron chi connectivity index (χ1n) is 8.67. The van der Waals surface area contributed by atoms with Crippen molar-refractivity contribution in [1.82, 2.24) is 0 Å². The highest BCUT2D eigenvalue weighted by atomic mass is 35.5. The summed E-state index contributed by atoms with van der Waals surface area (Å²) in [6, 6.07) is 9.20. The number of nitrogens with zero attached hydrogens (tertiary/aromatic N) is 1. The van der Waals surface area contributed by atoms with Crippen molar-refractivity contribution < 1.29 is 21.6 Å². The second kappa shape index (κ2) is 7.81. The normalized spacial score (nSPS) is 14.5. The Bertz CT molecular complexity index is 1100. The Morgan fingerprint density at radius 1 is 1.14 bits per heavy atom. The molecule has 3 rings (SSSR count). The third-order valence-electron chi connectivity index (χ3n) is 4.52. The standard InChI is InChI=1S/C18H21ClN2O5S2/c1-3-27(22,23)21-10-4-5-13-11-15(7-8-16(13)21)20-28(24,25)18-12-14(19)6-9-17(18)26-2/h6-9,11-12,20H,3-5,10H2,1-2H3. The predicted octanol–water partition coefficient (Wildman–Crippen LogP) is 3.25. The highest BCUT2D eigenvalue weighted by molar-refractivity contribution is 7.93. The van der Waals surface area contributed by atoms with E-state index in [2.05, 4.69) is 4.72 Å². The zero-order valence-corrected chi connectivity index (χ0v) is 17.9. The number of anilines is 2. The van der Waals surface area contributed by atoms with Crippen LogP contribution in [0.25, 0.3) is 0 Å². The lowest BCUT2D eigenvalue weighted by molar-refractivity contribution is 0.403. The van der Waals surface area contributed by atoms with Crippen molar-refractivity contribution in [3.63, 3.8) is 0 Å². The van der Waals surface area contributed by atoms with Gasteiger partial charge in [-0.05, 0) is 61.7 Å². The quantitative estimate of drug-likeness (QED) is 0.738. The zero-order chi connectivity index (χ0) is 20.5. The van der Waals surface area contributed by atoms with Crippen LogP contribution in [0.3, 0.4) is 0 Å². The first kappa shape index (κ1) is 20.8. The minimum absolute atomic E-state index is 0.00931. The predicted molar refractivity (Wildman–Crippen MR) is 110 cm³/mol. The third-order valence-corrected chi connectivity index (χ3v) is 7.94. The summed E-state index contributed by atoms with van der Waals surface area (Å²) in [4.78, 5) is -0.0737. The second-order valence-corrected chi connectivity index (χ2v) is 10.6. The van der Waals surface area contributed by atoms with Gasteiger partial charge < -0.3 is 4.74 Å². The molecular weight excluding hydrogens is 424 g/mol. The van der Waals surface area contributed by atoms with Crippen LogP contribution in [0.4, 0.5) is 11.4 Å². The summed E-state index contributed by atoms with van der Waals surface area (Å²) in [6.45, 7) is 2.03. The van der Waals surface area contributed by atoms with Crippen LogP contribution in [0.15, 0.2) is 41.3 Å². The molecule has 0 unspecified atom stereocenters. The highest BCUT2D eigenvalue weighted by Gasteiger charge is 2.27. The van der Waals surface area contributed by atoms with E-state index in [0.717, 1.165) is 5.56 Å². The largest absolute Gasteiger partial charge is 0.495 e. The molecule has 0 spiro atoms. The van der Waals surface area contributed by atoms with Crippen molar-refractivity contribution in [3.8, 4) is 5.75 Å². The van der Waals surface area contributed by atoms with Gasteiger partial charge in [0.1, 0.15) is 10.6 Å². The van der Waals surface area contributed by atoms with E-state index in [1.165, 1.54) is 23.5 Å². The number of halogens is 1. The van der Waals surface area contributed by atoms with Crippen LogP contribution in [0.5, 0.6) is 5.75 Å². The van der Waals surface area contributed by atoms with Gasteiger partial charge in [0.2, 0.25) is 10.0 Å². The van der Waals surface area contributed by atoms with Gasteiger partial charge in [0.05, 0.1) is 18.6 Å². The van der Waals surface area contributed by atoms with E-state index in [1.807, 2.05) is 0 Å². The molecule has 0 fully saturated rings. The van der Waals surface area contributed by atoms with E-state index in [0.29, 0.717) is 30.8 Å². The SMILES string of the molecule is CCS(=O)(=O)N1CCCc2cc(NS(=O)(=O)c3cc(Cl)ccc3OC)ccc21. The van der Waals surface area contributed by atoms with Crippen LogP contribution in [0.2, 0.25) is 5.02 Å². The minimum atomic E-state index is -3.94. The molecule has 1 heterocycles. The van der Waals surface area contributed by atoms with Gasteiger partial charge in [0.15, 0.2) is 0 Å². The Morgan fingerprint density at radius 2 is 1.89 bits per heavy atom. The summed E-state index contributed by atoms with van der Waals surface area (Å²) in [7, 11) is -5.94. The van der Waals surface area contributed by atoms with Crippen molar-refractivity contribution in [2.24, 2.45) is 0 Å². The Balaban J connectivity index is 1.96. The van der Waals surface area contributed by atoms with Crippen LogP contribution in [0.1, 0.15) is 18.9 Å². The Morgan fingerprint density at radius 3 is 2.57 bits per heavy atom. The smallest absolute Gasteiger partial charge is 0.265 e. The Hall–Kier alpha value is -1.97. The van der Waals surface area contributed by atoms with E-state index in [-0.39, 0.29) is 21.4 Å². The van der Waals surface area contributed by atoms with Crippen LogP contribution in [0, 0.1) is 0 Å². The molecule has 0 radical (unpaired) electrons. The number of benzene rings is 2. The average molecular weight is 445 g/mol.